The topological polar surface area (TPSA) is 37.4 Å². The third-order valence-electron chi connectivity index (χ3n) is 4.85. The predicted molar refractivity (Wildman–Crippen MR) is 93.9 cm³/mol. The first-order chi connectivity index (χ1) is 11.7. The minimum Gasteiger partial charge on any atom is -0.270 e. The van der Waals surface area contributed by atoms with Crippen molar-refractivity contribution in [2.24, 2.45) is 0 Å². The van der Waals surface area contributed by atoms with Crippen molar-refractivity contribution in [3.05, 3.63) is 76.4 Å². The molecule has 2 aromatic carbocycles. The maximum atomic E-state index is 12.3. The van der Waals surface area contributed by atoms with Gasteiger partial charge in [0.25, 0.3) is 11.8 Å². The first-order valence-electron chi connectivity index (χ1n) is 8.47. The molecule has 1 aliphatic carbocycles. The molecule has 1 aliphatic heterocycles. The van der Waals surface area contributed by atoms with Crippen LogP contribution in [0.25, 0.3) is 6.08 Å². The van der Waals surface area contributed by atoms with Gasteiger partial charge in [0, 0.05) is 6.54 Å². The van der Waals surface area contributed by atoms with E-state index >= 15 is 0 Å². The van der Waals surface area contributed by atoms with E-state index in [-0.39, 0.29) is 11.8 Å². The molecule has 0 N–H and O–H groups in total. The fourth-order valence-electron chi connectivity index (χ4n) is 3.56. The Kier molecular flexibility index (Phi) is 3.77. The van der Waals surface area contributed by atoms with Crippen molar-refractivity contribution in [1.29, 1.82) is 0 Å². The number of benzene rings is 2. The summed E-state index contributed by atoms with van der Waals surface area (Å²) in [6.45, 7) is 0.309. The van der Waals surface area contributed by atoms with Crippen LogP contribution in [-0.4, -0.2) is 23.3 Å². The number of rotatable bonds is 3. The van der Waals surface area contributed by atoms with Gasteiger partial charge < -0.3 is 0 Å². The van der Waals surface area contributed by atoms with Crippen LogP contribution >= 0.6 is 0 Å². The molecule has 2 aromatic rings. The van der Waals surface area contributed by atoms with Crippen molar-refractivity contribution in [3.8, 4) is 0 Å². The van der Waals surface area contributed by atoms with E-state index in [1.54, 1.807) is 24.3 Å². The molecule has 0 atom stereocenters. The second-order valence-corrected chi connectivity index (χ2v) is 6.40. The molecular formula is C21H19NO2. The highest BCUT2D eigenvalue weighted by molar-refractivity contribution is 6.21. The van der Waals surface area contributed by atoms with Crippen LogP contribution in [0.3, 0.4) is 0 Å². The zero-order chi connectivity index (χ0) is 16.5. The van der Waals surface area contributed by atoms with Gasteiger partial charge in [0.2, 0.25) is 0 Å². The molecule has 0 saturated carbocycles. The minimum absolute atomic E-state index is 0.203. The number of imide groups is 1. The van der Waals surface area contributed by atoms with Crippen molar-refractivity contribution in [1.82, 2.24) is 4.90 Å². The summed E-state index contributed by atoms with van der Waals surface area (Å²) in [6, 6.07) is 13.5. The van der Waals surface area contributed by atoms with Crippen molar-refractivity contribution < 1.29 is 9.59 Å². The Morgan fingerprint density at radius 2 is 1.54 bits per heavy atom. The fraction of sp³-hybridized carbons (Fsp3) is 0.238. The lowest BCUT2D eigenvalue weighted by Gasteiger charge is -2.15. The zero-order valence-electron chi connectivity index (χ0n) is 13.5. The van der Waals surface area contributed by atoms with E-state index in [0.29, 0.717) is 17.7 Å². The van der Waals surface area contributed by atoms with E-state index in [1.165, 1.54) is 35.3 Å². The summed E-state index contributed by atoms with van der Waals surface area (Å²) in [5, 5.41) is 0. The number of carbonyl (C=O) groups excluding carboxylic acids is 2. The van der Waals surface area contributed by atoms with Gasteiger partial charge in [-0.15, -0.1) is 0 Å². The molecule has 0 bridgehead atoms. The fourth-order valence-corrected chi connectivity index (χ4v) is 3.56. The van der Waals surface area contributed by atoms with Gasteiger partial charge in [-0.3, -0.25) is 14.5 Å². The lowest BCUT2D eigenvalue weighted by Crippen LogP contribution is -2.29. The third kappa shape index (κ3) is 2.56. The smallest absolute Gasteiger partial charge is 0.261 e. The summed E-state index contributed by atoms with van der Waals surface area (Å²) >= 11 is 0. The molecule has 0 radical (unpaired) electrons. The molecule has 0 aromatic heterocycles. The number of aryl methyl sites for hydroxylation is 2. The lowest BCUT2D eigenvalue weighted by molar-refractivity contribution is 0.0672. The number of nitrogens with zero attached hydrogens (tertiary/aromatic N) is 1. The summed E-state index contributed by atoms with van der Waals surface area (Å²) in [4.78, 5) is 25.9. The van der Waals surface area contributed by atoms with Crippen LogP contribution in [0.1, 0.15) is 50.2 Å². The third-order valence-corrected chi connectivity index (χ3v) is 4.85. The van der Waals surface area contributed by atoms with Gasteiger partial charge in [0.1, 0.15) is 0 Å². The highest BCUT2D eigenvalue weighted by atomic mass is 16.2. The Morgan fingerprint density at radius 1 is 0.875 bits per heavy atom. The number of amides is 2. The van der Waals surface area contributed by atoms with Crippen LogP contribution in [0.2, 0.25) is 0 Å². The Morgan fingerprint density at radius 3 is 2.25 bits per heavy atom. The van der Waals surface area contributed by atoms with E-state index in [0.717, 1.165) is 12.0 Å². The van der Waals surface area contributed by atoms with Crippen LogP contribution in [0.5, 0.6) is 0 Å². The van der Waals surface area contributed by atoms with E-state index in [9.17, 15) is 9.59 Å². The van der Waals surface area contributed by atoms with E-state index < -0.39 is 0 Å². The first kappa shape index (κ1) is 14.9. The molecule has 1 heterocycles. The number of hydrogen-bond donors (Lipinski definition) is 0. The highest BCUT2D eigenvalue weighted by Gasteiger charge is 2.34. The van der Waals surface area contributed by atoms with Crippen LogP contribution < -0.4 is 0 Å². The molecule has 2 aliphatic rings. The summed E-state index contributed by atoms with van der Waals surface area (Å²) in [7, 11) is 0. The molecule has 0 unspecified atom stereocenters. The molecule has 0 spiro atoms. The molecule has 3 nitrogen and oxygen atoms in total. The first-order valence-corrected chi connectivity index (χ1v) is 8.47. The summed E-state index contributed by atoms with van der Waals surface area (Å²) in [5.41, 5.74) is 5.03. The largest absolute Gasteiger partial charge is 0.270 e. The molecule has 2 amide bonds. The number of carbonyl (C=O) groups is 2. The summed E-state index contributed by atoms with van der Waals surface area (Å²) < 4.78 is 0. The van der Waals surface area contributed by atoms with Crippen molar-refractivity contribution in [2.45, 2.75) is 25.7 Å². The molecule has 0 saturated heterocycles. The Bertz CT molecular complexity index is 816. The Hall–Kier alpha value is -2.68. The Labute approximate surface area is 141 Å². The minimum atomic E-state index is -0.203. The second kappa shape index (κ2) is 6.08. The monoisotopic (exact) mass is 317 g/mol. The average Bonchev–Trinajstić information content (AvgIpc) is 2.87. The van der Waals surface area contributed by atoms with Gasteiger partial charge in [0.15, 0.2) is 0 Å². The predicted octanol–water partition coefficient (Wildman–Crippen LogP) is 3.87. The Balaban J connectivity index is 1.49. The number of fused-ring (bicyclic) bond motifs is 2. The van der Waals surface area contributed by atoms with Gasteiger partial charge in [-0.1, -0.05) is 42.5 Å². The van der Waals surface area contributed by atoms with Gasteiger partial charge >= 0.3 is 0 Å². The van der Waals surface area contributed by atoms with Crippen molar-refractivity contribution in [3.63, 3.8) is 0 Å². The highest BCUT2D eigenvalue weighted by Crippen LogP contribution is 2.24. The lowest BCUT2D eigenvalue weighted by atomic mass is 9.90. The van der Waals surface area contributed by atoms with E-state index in [2.05, 4.69) is 18.2 Å². The SMILES string of the molecule is O=C1c2ccccc2C(=O)N1CC=Cc1ccc2c(c1)CCCC2. The average molecular weight is 317 g/mol. The van der Waals surface area contributed by atoms with Crippen LogP contribution in [0.15, 0.2) is 48.5 Å². The van der Waals surface area contributed by atoms with Gasteiger partial charge in [-0.05, 0) is 54.5 Å². The second-order valence-electron chi connectivity index (χ2n) is 6.40. The van der Waals surface area contributed by atoms with E-state index in [4.69, 9.17) is 0 Å². The molecule has 3 heteroatoms. The number of hydrogen-bond acceptors (Lipinski definition) is 2. The molecular weight excluding hydrogens is 298 g/mol. The standard InChI is InChI=1S/C21H19NO2/c23-20-18-9-3-4-10-19(18)21(24)22(20)13-5-6-15-11-12-16-7-1-2-8-17(16)14-15/h3-6,9-12,14H,1-2,7-8,13H2. The molecule has 24 heavy (non-hydrogen) atoms. The maximum Gasteiger partial charge on any atom is 0.261 e. The van der Waals surface area contributed by atoms with Gasteiger partial charge in [-0.25, -0.2) is 0 Å². The summed E-state index contributed by atoms with van der Waals surface area (Å²) in [6.07, 6.45) is 8.76. The van der Waals surface area contributed by atoms with E-state index in [1.807, 2.05) is 12.2 Å². The van der Waals surface area contributed by atoms with Crippen molar-refractivity contribution >= 4 is 17.9 Å². The van der Waals surface area contributed by atoms with Gasteiger partial charge in [-0.2, -0.15) is 0 Å². The van der Waals surface area contributed by atoms with Crippen molar-refractivity contribution in [2.75, 3.05) is 6.54 Å². The van der Waals surface area contributed by atoms with Gasteiger partial charge in [0.05, 0.1) is 11.1 Å². The summed E-state index contributed by atoms with van der Waals surface area (Å²) in [5.74, 6) is -0.406. The molecule has 0 fully saturated rings. The van der Waals surface area contributed by atoms with Crippen LogP contribution in [0.4, 0.5) is 0 Å². The van der Waals surface area contributed by atoms with Crippen LogP contribution in [-0.2, 0) is 12.8 Å². The zero-order valence-corrected chi connectivity index (χ0v) is 13.5. The quantitative estimate of drug-likeness (QED) is 0.806. The molecule has 120 valence electrons. The maximum absolute atomic E-state index is 12.3. The van der Waals surface area contributed by atoms with Crippen LogP contribution in [0, 0.1) is 0 Å². The normalized spacial score (nSPS) is 16.6. The molecule has 4 rings (SSSR count).